The van der Waals surface area contributed by atoms with E-state index in [-0.39, 0.29) is 18.1 Å². The van der Waals surface area contributed by atoms with Gasteiger partial charge in [0.15, 0.2) is 5.78 Å². The Hall–Kier alpha value is -2.73. The van der Waals surface area contributed by atoms with Gasteiger partial charge in [-0.15, -0.1) is 0 Å². The van der Waals surface area contributed by atoms with E-state index in [0.717, 1.165) is 27.8 Å². The summed E-state index contributed by atoms with van der Waals surface area (Å²) in [6.45, 7) is 3.98. The third kappa shape index (κ3) is 3.29. The Bertz CT molecular complexity index is 1070. The van der Waals surface area contributed by atoms with E-state index in [9.17, 15) is 9.59 Å². The molecule has 0 bridgehead atoms. The Kier molecular flexibility index (Phi) is 4.89. The molecule has 0 saturated carbocycles. The molecule has 1 aromatic heterocycles. The molecule has 1 amide bonds. The van der Waals surface area contributed by atoms with Crippen LogP contribution in [0.4, 0.5) is 5.82 Å². The average Bonchev–Trinajstić information content (AvgIpc) is 3.04. The van der Waals surface area contributed by atoms with Crippen LogP contribution in [-0.4, -0.2) is 21.5 Å². The standard InChI is InChI=1S/C22H20BrN3O2/c1-3-14-5-4-6-17(11-14)26-22-20(13(2)25-26)18(12-19(27)24-22)21(28)15-7-9-16(23)10-8-15/h4-11,18H,3,12H2,1-2H3,(H,24,27). The van der Waals surface area contributed by atoms with Crippen LogP contribution in [0.15, 0.2) is 53.0 Å². The first-order valence-corrected chi connectivity index (χ1v) is 10.1. The van der Waals surface area contributed by atoms with Crippen LogP contribution in [0.2, 0.25) is 0 Å². The fraction of sp³-hybridized carbons (Fsp3) is 0.227. The maximum absolute atomic E-state index is 13.2. The lowest BCUT2D eigenvalue weighted by atomic mass is 9.85. The lowest BCUT2D eigenvalue weighted by Crippen LogP contribution is -2.28. The van der Waals surface area contributed by atoms with Gasteiger partial charge in [-0.3, -0.25) is 9.59 Å². The largest absolute Gasteiger partial charge is 0.310 e. The smallest absolute Gasteiger partial charge is 0.226 e. The van der Waals surface area contributed by atoms with Gasteiger partial charge >= 0.3 is 0 Å². The maximum Gasteiger partial charge on any atom is 0.226 e. The number of rotatable bonds is 4. The number of aromatic nitrogens is 2. The van der Waals surface area contributed by atoms with E-state index in [1.165, 1.54) is 5.56 Å². The first kappa shape index (κ1) is 18.6. The lowest BCUT2D eigenvalue weighted by molar-refractivity contribution is -0.116. The molecule has 1 unspecified atom stereocenters. The minimum absolute atomic E-state index is 0.0615. The predicted octanol–water partition coefficient (Wildman–Crippen LogP) is 4.81. The number of nitrogens with one attached hydrogen (secondary N) is 1. The molecule has 0 radical (unpaired) electrons. The van der Waals surface area contributed by atoms with Crippen molar-refractivity contribution in [2.45, 2.75) is 32.6 Å². The highest BCUT2D eigenvalue weighted by Gasteiger charge is 2.36. The van der Waals surface area contributed by atoms with E-state index < -0.39 is 5.92 Å². The summed E-state index contributed by atoms with van der Waals surface area (Å²) in [5.74, 6) is -0.171. The Balaban J connectivity index is 1.81. The van der Waals surface area contributed by atoms with Crippen LogP contribution in [0, 0.1) is 6.92 Å². The average molecular weight is 438 g/mol. The monoisotopic (exact) mass is 437 g/mol. The Morgan fingerprint density at radius 3 is 2.71 bits per heavy atom. The number of aryl methyl sites for hydroxylation is 2. The molecule has 1 N–H and O–H groups in total. The minimum Gasteiger partial charge on any atom is -0.310 e. The first-order chi connectivity index (χ1) is 13.5. The van der Waals surface area contributed by atoms with Crippen molar-refractivity contribution < 1.29 is 9.59 Å². The molecule has 142 valence electrons. The number of fused-ring (bicyclic) bond motifs is 1. The fourth-order valence-corrected chi connectivity index (χ4v) is 3.95. The molecule has 0 spiro atoms. The maximum atomic E-state index is 13.2. The van der Waals surface area contributed by atoms with Crippen molar-refractivity contribution in [1.29, 1.82) is 0 Å². The topological polar surface area (TPSA) is 64.0 Å². The molecule has 1 aliphatic rings. The number of hydrogen-bond donors (Lipinski definition) is 1. The summed E-state index contributed by atoms with van der Waals surface area (Å²) in [6, 6.07) is 15.3. The van der Waals surface area contributed by atoms with Gasteiger partial charge in [-0.05, 0) is 43.2 Å². The van der Waals surface area contributed by atoms with Crippen molar-refractivity contribution >= 4 is 33.4 Å². The number of amides is 1. The Labute approximate surface area is 171 Å². The van der Waals surface area contributed by atoms with Crippen molar-refractivity contribution in [3.8, 4) is 5.69 Å². The second kappa shape index (κ2) is 7.36. The number of Topliss-reactive ketones (excluding diaryl/α,β-unsaturated/α-hetero) is 1. The number of halogens is 1. The molecule has 4 rings (SSSR count). The van der Waals surface area contributed by atoms with E-state index in [0.29, 0.717) is 11.4 Å². The molecule has 1 aliphatic heterocycles. The van der Waals surface area contributed by atoms with Gasteiger partial charge in [0.2, 0.25) is 5.91 Å². The summed E-state index contributed by atoms with van der Waals surface area (Å²) >= 11 is 3.39. The molecule has 0 saturated heterocycles. The van der Waals surface area contributed by atoms with Crippen LogP contribution >= 0.6 is 15.9 Å². The van der Waals surface area contributed by atoms with E-state index in [2.05, 4.69) is 45.4 Å². The van der Waals surface area contributed by atoms with Crippen LogP contribution < -0.4 is 5.32 Å². The number of hydrogen-bond acceptors (Lipinski definition) is 3. The van der Waals surface area contributed by atoms with Crippen LogP contribution in [-0.2, 0) is 11.2 Å². The highest BCUT2D eigenvalue weighted by atomic mass is 79.9. The number of carbonyl (C=O) groups excluding carboxylic acids is 2. The zero-order valence-electron chi connectivity index (χ0n) is 15.7. The van der Waals surface area contributed by atoms with Crippen LogP contribution in [0.25, 0.3) is 5.69 Å². The zero-order valence-corrected chi connectivity index (χ0v) is 17.3. The second-order valence-electron chi connectivity index (χ2n) is 6.96. The molecule has 5 nitrogen and oxygen atoms in total. The van der Waals surface area contributed by atoms with Crippen molar-refractivity contribution in [1.82, 2.24) is 9.78 Å². The summed E-state index contributed by atoms with van der Waals surface area (Å²) in [5.41, 5.74) is 4.21. The Morgan fingerprint density at radius 1 is 1.25 bits per heavy atom. The van der Waals surface area contributed by atoms with Crippen LogP contribution in [0.5, 0.6) is 0 Å². The molecular weight excluding hydrogens is 418 g/mol. The highest BCUT2D eigenvalue weighted by molar-refractivity contribution is 9.10. The zero-order chi connectivity index (χ0) is 19.8. The number of benzene rings is 2. The molecule has 28 heavy (non-hydrogen) atoms. The normalized spacial score (nSPS) is 15.8. The van der Waals surface area contributed by atoms with Crippen molar-refractivity contribution in [2.24, 2.45) is 0 Å². The van der Waals surface area contributed by atoms with Gasteiger partial charge in [0, 0.05) is 22.0 Å². The van der Waals surface area contributed by atoms with Crippen molar-refractivity contribution in [3.63, 3.8) is 0 Å². The van der Waals surface area contributed by atoms with Crippen molar-refractivity contribution in [3.05, 3.63) is 75.4 Å². The molecule has 1 atom stereocenters. The van der Waals surface area contributed by atoms with Crippen LogP contribution in [0.3, 0.4) is 0 Å². The molecule has 0 aliphatic carbocycles. The molecule has 6 heteroatoms. The van der Waals surface area contributed by atoms with Crippen molar-refractivity contribution in [2.75, 3.05) is 5.32 Å². The molecule has 3 aromatic rings. The number of anilines is 1. The molecule has 2 aromatic carbocycles. The minimum atomic E-state index is -0.534. The number of carbonyl (C=O) groups is 2. The van der Waals surface area contributed by atoms with E-state index in [1.54, 1.807) is 16.8 Å². The molecule has 0 fully saturated rings. The Morgan fingerprint density at radius 2 is 2.00 bits per heavy atom. The third-order valence-corrected chi connectivity index (χ3v) is 5.64. The molecular formula is C22H20BrN3O2. The summed E-state index contributed by atoms with van der Waals surface area (Å²) in [7, 11) is 0. The van der Waals surface area contributed by atoms with Gasteiger partial charge < -0.3 is 5.32 Å². The molecule has 2 heterocycles. The fourth-order valence-electron chi connectivity index (χ4n) is 3.68. The summed E-state index contributed by atoms with van der Waals surface area (Å²) in [4.78, 5) is 25.6. The van der Waals surface area contributed by atoms with Gasteiger partial charge in [-0.2, -0.15) is 5.10 Å². The van der Waals surface area contributed by atoms with Gasteiger partial charge in [-0.1, -0.05) is 47.1 Å². The van der Waals surface area contributed by atoms with Gasteiger partial charge in [-0.25, -0.2) is 4.68 Å². The number of ketones is 1. The second-order valence-corrected chi connectivity index (χ2v) is 7.87. The van der Waals surface area contributed by atoms with E-state index >= 15 is 0 Å². The lowest BCUT2D eigenvalue weighted by Gasteiger charge is -2.23. The van der Waals surface area contributed by atoms with E-state index in [1.807, 2.05) is 31.2 Å². The predicted molar refractivity (Wildman–Crippen MR) is 112 cm³/mol. The highest BCUT2D eigenvalue weighted by Crippen LogP contribution is 2.38. The summed E-state index contributed by atoms with van der Waals surface area (Å²) in [5, 5.41) is 7.59. The van der Waals surface area contributed by atoms with Gasteiger partial charge in [0.05, 0.1) is 17.3 Å². The van der Waals surface area contributed by atoms with E-state index in [4.69, 9.17) is 0 Å². The summed E-state index contributed by atoms with van der Waals surface area (Å²) in [6.07, 6.45) is 1.04. The SMILES string of the molecule is CCc1cccc(-n2nc(C)c3c2NC(=O)CC3C(=O)c2ccc(Br)cc2)c1. The summed E-state index contributed by atoms with van der Waals surface area (Å²) < 4.78 is 2.65. The number of nitrogens with zero attached hydrogens (tertiary/aromatic N) is 2. The van der Waals surface area contributed by atoms with Gasteiger partial charge in [0.25, 0.3) is 0 Å². The quantitative estimate of drug-likeness (QED) is 0.595. The first-order valence-electron chi connectivity index (χ1n) is 9.26. The third-order valence-electron chi connectivity index (χ3n) is 5.11. The van der Waals surface area contributed by atoms with Gasteiger partial charge in [0.1, 0.15) is 5.82 Å². The van der Waals surface area contributed by atoms with Crippen LogP contribution in [0.1, 0.15) is 46.4 Å².